The fraction of sp³-hybridized carbons (Fsp3) is 0.269. The molecule has 3 aromatic rings. The second kappa shape index (κ2) is 10.7. The fourth-order valence-electron chi connectivity index (χ4n) is 4.33. The lowest BCUT2D eigenvalue weighted by Crippen LogP contribution is -2.47. The number of methoxy groups -OCH3 is 1. The molecule has 1 aliphatic heterocycles. The summed E-state index contributed by atoms with van der Waals surface area (Å²) in [6, 6.07) is 16.7. The lowest BCUT2D eigenvalue weighted by molar-refractivity contribution is -0.134. The van der Waals surface area contributed by atoms with Gasteiger partial charge < -0.3 is 15.8 Å². The third-order valence-electron chi connectivity index (χ3n) is 6.41. The van der Waals surface area contributed by atoms with Gasteiger partial charge in [0.05, 0.1) is 19.7 Å². The second-order valence-electron chi connectivity index (χ2n) is 8.92. The van der Waals surface area contributed by atoms with Crippen LogP contribution in [0.1, 0.15) is 18.1 Å². The highest BCUT2D eigenvalue weighted by atomic mass is 16.5. The Bertz CT molecular complexity index is 1470. The molecular formula is C26H28N6O6. The number of nitrogens with two attached hydrogens (primary N) is 1. The molecule has 2 heterocycles. The number of urea groups is 1. The van der Waals surface area contributed by atoms with Crippen molar-refractivity contribution in [3.05, 3.63) is 92.6 Å². The van der Waals surface area contributed by atoms with Crippen molar-refractivity contribution in [2.75, 3.05) is 30.9 Å². The highest BCUT2D eigenvalue weighted by Gasteiger charge is 2.49. The summed E-state index contributed by atoms with van der Waals surface area (Å²) in [6.07, 6.45) is 0. The van der Waals surface area contributed by atoms with Crippen LogP contribution in [0.4, 0.5) is 16.3 Å². The molecule has 0 spiro atoms. The Hall–Kier alpha value is -4.71. The molecule has 4 N–H and O–H groups in total. The zero-order chi connectivity index (χ0) is 27.4. The first-order valence-corrected chi connectivity index (χ1v) is 11.8. The van der Waals surface area contributed by atoms with E-state index in [0.29, 0.717) is 11.1 Å². The van der Waals surface area contributed by atoms with Gasteiger partial charge in [-0.15, -0.1) is 0 Å². The van der Waals surface area contributed by atoms with E-state index in [9.17, 15) is 24.0 Å². The maximum Gasteiger partial charge on any atom is 0.330 e. The first kappa shape index (κ1) is 26.4. The molecule has 198 valence electrons. The Morgan fingerprint density at radius 3 is 2.29 bits per heavy atom. The molecule has 1 atom stereocenters. The van der Waals surface area contributed by atoms with Crippen LogP contribution in [-0.4, -0.2) is 52.6 Å². The zero-order valence-electron chi connectivity index (χ0n) is 21.0. The largest absolute Gasteiger partial charge is 0.383 e. The van der Waals surface area contributed by atoms with Crippen molar-refractivity contribution in [1.29, 1.82) is 0 Å². The summed E-state index contributed by atoms with van der Waals surface area (Å²) in [5.41, 5.74) is 4.17. The Kier molecular flexibility index (Phi) is 7.44. The Morgan fingerprint density at radius 1 is 1.03 bits per heavy atom. The van der Waals surface area contributed by atoms with Gasteiger partial charge in [0.2, 0.25) is 5.91 Å². The number of aromatic amines is 1. The van der Waals surface area contributed by atoms with Crippen molar-refractivity contribution >= 4 is 29.4 Å². The Labute approximate surface area is 217 Å². The minimum absolute atomic E-state index is 0.0285. The van der Waals surface area contributed by atoms with Crippen molar-refractivity contribution in [2.45, 2.75) is 25.6 Å². The number of hydrogen-bond donors (Lipinski definition) is 3. The number of benzene rings is 2. The molecule has 12 heteroatoms. The highest BCUT2D eigenvalue weighted by Crippen LogP contribution is 2.29. The number of ether oxygens (including phenoxy) is 1. The maximum atomic E-state index is 13.7. The summed E-state index contributed by atoms with van der Waals surface area (Å²) in [7, 11) is 1.44. The molecule has 1 aliphatic rings. The van der Waals surface area contributed by atoms with E-state index in [1.165, 1.54) is 7.11 Å². The predicted molar refractivity (Wildman–Crippen MR) is 139 cm³/mol. The number of imide groups is 1. The summed E-state index contributed by atoms with van der Waals surface area (Å²) in [5.74, 6) is -1.61. The van der Waals surface area contributed by atoms with Crippen LogP contribution in [-0.2, 0) is 33.0 Å². The van der Waals surface area contributed by atoms with E-state index >= 15 is 0 Å². The molecule has 4 amide bonds. The van der Waals surface area contributed by atoms with Gasteiger partial charge in [0, 0.05) is 7.11 Å². The summed E-state index contributed by atoms with van der Waals surface area (Å²) in [5, 5.41) is 2.66. The third-order valence-corrected chi connectivity index (χ3v) is 6.41. The highest BCUT2D eigenvalue weighted by molar-refractivity contribution is 6.10. The third kappa shape index (κ3) is 4.93. The number of aromatic nitrogens is 2. The standard InChI is InChI=1S/C26H28N6O6/c1-26(18-11-7-4-8-12-18)23(35)32(25(37)29-26)16-19(33)31(15-17-9-5-3-6-10-17)20-21(27)30(13-14-38-2)24(36)28-22(20)34/h3-12H,13-16,27H2,1-2H3,(H,29,37)(H,28,34,36)/t26-/m1/s1. The lowest BCUT2D eigenvalue weighted by Gasteiger charge is -2.26. The zero-order valence-corrected chi connectivity index (χ0v) is 21.0. The van der Waals surface area contributed by atoms with Crippen molar-refractivity contribution < 1.29 is 19.1 Å². The van der Waals surface area contributed by atoms with Crippen LogP contribution in [0.3, 0.4) is 0 Å². The number of carbonyl (C=O) groups is 3. The topological polar surface area (TPSA) is 160 Å². The number of H-pyrrole nitrogens is 1. The van der Waals surface area contributed by atoms with Gasteiger partial charge in [0.15, 0.2) is 5.69 Å². The van der Waals surface area contributed by atoms with Crippen LogP contribution in [0.2, 0.25) is 0 Å². The first-order valence-electron chi connectivity index (χ1n) is 11.8. The molecule has 0 bridgehead atoms. The molecule has 1 fully saturated rings. The van der Waals surface area contributed by atoms with Crippen molar-refractivity contribution in [3.8, 4) is 0 Å². The smallest absolute Gasteiger partial charge is 0.330 e. The van der Waals surface area contributed by atoms with E-state index in [2.05, 4.69) is 10.3 Å². The minimum Gasteiger partial charge on any atom is -0.383 e. The number of rotatable bonds is 9. The molecule has 2 aromatic carbocycles. The van der Waals surface area contributed by atoms with Crippen molar-refractivity contribution in [3.63, 3.8) is 0 Å². The van der Waals surface area contributed by atoms with E-state index in [4.69, 9.17) is 10.5 Å². The van der Waals surface area contributed by atoms with E-state index in [-0.39, 0.29) is 31.2 Å². The van der Waals surface area contributed by atoms with Gasteiger partial charge in [-0.05, 0) is 18.1 Å². The number of nitrogens with one attached hydrogen (secondary N) is 2. The summed E-state index contributed by atoms with van der Waals surface area (Å²) >= 11 is 0. The number of amides is 4. The van der Waals surface area contributed by atoms with Crippen LogP contribution in [0.5, 0.6) is 0 Å². The number of carbonyl (C=O) groups excluding carboxylic acids is 3. The summed E-state index contributed by atoms with van der Waals surface area (Å²) < 4.78 is 6.11. The molecular weight excluding hydrogens is 492 g/mol. The fourth-order valence-corrected chi connectivity index (χ4v) is 4.33. The average molecular weight is 521 g/mol. The molecule has 0 saturated carbocycles. The van der Waals surface area contributed by atoms with Crippen LogP contribution < -0.4 is 27.2 Å². The molecule has 1 saturated heterocycles. The van der Waals surface area contributed by atoms with Gasteiger partial charge in [-0.25, -0.2) is 9.59 Å². The van der Waals surface area contributed by atoms with Gasteiger partial charge in [-0.3, -0.25) is 33.7 Å². The lowest BCUT2D eigenvalue weighted by atomic mass is 9.92. The molecule has 1 aromatic heterocycles. The van der Waals surface area contributed by atoms with Crippen LogP contribution >= 0.6 is 0 Å². The molecule has 0 unspecified atom stereocenters. The number of nitrogens with zero attached hydrogens (tertiary/aromatic N) is 3. The van der Waals surface area contributed by atoms with Crippen molar-refractivity contribution in [1.82, 2.24) is 19.8 Å². The molecule has 0 aliphatic carbocycles. The Balaban J connectivity index is 1.72. The van der Waals surface area contributed by atoms with Gasteiger partial charge in [0.1, 0.15) is 17.9 Å². The van der Waals surface area contributed by atoms with Crippen LogP contribution in [0.25, 0.3) is 0 Å². The van der Waals surface area contributed by atoms with E-state index in [1.807, 2.05) is 0 Å². The van der Waals surface area contributed by atoms with Crippen LogP contribution in [0.15, 0.2) is 70.3 Å². The maximum absolute atomic E-state index is 13.7. The summed E-state index contributed by atoms with van der Waals surface area (Å²) in [6.45, 7) is 0.956. The SMILES string of the molecule is COCCn1c(N)c(N(Cc2ccccc2)C(=O)CN2C(=O)N[C@](C)(c3ccccc3)C2=O)c(=O)[nH]c1=O. The molecule has 38 heavy (non-hydrogen) atoms. The first-order chi connectivity index (χ1) is 18.2. The molecule has 0 radical (unpaired) electrons. The van der Waals surface area contributed by atoms with Crippen LogP contribution in [0, 0.1) is 0 Å². The van der Waals surface area contributed by atoms with E-state index < -0.39 is 41.2 Å². The number of nitrogen functional groups attached to an aromatic ring is 1. The van der Waals surface area contributed by atoms with E-state index in [1.54, 1.807) is 67.6 Å². The van der Waals surface area contributed by atoms with Gasteiger partial charge >= 0.3 is 11.7 Å². The minimum atomic E-state index is -1.37. The van der Waals surface area contributed by atoms with Gasteiger partial charge in [-0.2, -0.15) is 0 Å². The quantitative estimate of drug-likeness (QED) is 0.351. The average Bonchev–Trinajstić information content (AvgIpc) is 3.12. The predicted octanol–water partition coefficient (Wildman–Crippen LogP) is 0.766. The normalized spacial score (nSPS) is 16.9. The molecule has 12 nitrogen and oxygen atoms in total. The number of hydrogen-bond acceptors (Lipinski definition) is 7. The summed E-state index contributed by atoms with van der Waals surface area (Å²) in [4.78, 5) is 69.3. The number of anilines is 2. The van der Waals surface area contributed by atoms with E-state index in [0.717, 1.165) is 14.4 Å². The Morgan fingerprint density at radius 2 is 1.66 bits per heavy atom. The second-order valence-corrected chi connectivity index (χ2v) is 8.92. The van der Waals surface area contributed by atoms with Crippen molar-refractivity contribution in [2.24, 2.45) is 0 Å². The molecule has 4 rings (SSSR count). The van der Waals surface area contributed by atoms with Gasteiger partial charge in [-0.1, -0.05) is 60.7 Å². The monoisotopic (exact) mass is 520 g/mol. The van der Waals surface area contributed by atoms with Gasteiger partial charge in [0.25, 0.3) is 11.5 Å².